The molecule has 222 valence electrons. The maximum Gasteiger partial charge on any atom is 0.417 e. The fourth-order valence-corrected chi connectivity index (χ4v) is 3.66. The Labute approximate surface area is 276 Å². The van der Waals surface area contributed by atoms with Gasteiger partial charge in [-0.15, -0.1) is 0 Å². The number of nitrogens with zero attached hydrogens (tertiary/aromatic N) is 1. The molecule has 3 amide bonds. The van der Waals surface area contributed by atoms with E-state index in [0.29, 0.717) is 5.56 Å². The molecule has 0 bridgehead atoms. The van der Waals surface area contributed by atoms with Gasteiger partial charge in [0.05, 0.1) is 0 Å². The van der Waals surface area contributed by atoms with E-state index in [0.717, 1.165) is 0 Å². The van der Waals surface area contributed by atoms with Gasteiger partial charge < -0.3 is 14.8 Å². The molecule has 0 aliphatic carbocycles. The van der Waals surface area contributed by atoms with Gasteiger partial charge in [0.15, 0.2) is 6.04 Å². The Kier molecular flexibility index (Phi) is 5.32. The molecule has 1 fully saturated rings. The van der Waals surface area contributed by atoms with Gasteiger partial charge in [-0.05, 0) is 24.4 Å². The number of imide groups is 1. The van der Waals surface area contributed by atoms with Crippen LogP contribution in [0.4, 0.5) is 4.79 Å². The van der Waals surface area contributed by atoms with Gasteiger partial charge in [-0.25, -0.2) is 14.5 Å². The lowest BCUT2D eigenvalue weighted by Gasteiger charge is -2.25. The highest BCUT2D eigenvalue weighted by Crippen LogP contribution is 2.23. The second-order valence-electron chi connectivity index (χ2n) is 8.30. The molecule has 3 atom stereocenters. The minimum atomic E-state index is -4.97. The number of hydrogen-bond donors (Lipinski definition) is 1. The molecule has 41 heavy (non-hydrogen) atoms. The molecule has 0 aromatic heterocycles. The third-order valence-electron chi connectivity index (χ3n) is 5.47. The monoisotopic (exact) mass is 592 g/mol. The summed E-state index contributed by atoms with van der Waals surface area (Å²) in [6.07, 6.45) is -51.0. The van der Waals surface area contributed by atoms with E-state index in [1.54, 1.807) is 30.3 Å². The molecular weight excluding hydrogens is 525 g/mol. The van der Waals surface area contributed by atoms with Crippen molar-refractivity contribution in [2.45, 2.75) is 109 Å². The van der Waals surface area contributed by atoms with Crippen molar-refractivity contribution in [1.82, 2.24) is 10.2 Å². The molecule has 2 aromatic rings. The van der Waals surface area contributed by atoms with Crippen LogP contribution in [0, 0.1) is 0 Å². The number of nitrogens with one attached hydrogen (secondary N) is 1. The van der Waals surface area contributed by atoms with Crippen molar-refractivity contribution in [3.05, 3.63) is 71.8 Å². The maximum absolute atomic E-state index is 14.2. The average molecular weight is 593 g/mol. The predicted molar refractivity (Wildman–Crippen MR) is 157 cm³/mol. The molecule has 3 rings (SSSR count). The van der Waals surface area contributed by atoms with Crippen molar-refractivity contribution in [2.24, 2.45) is 0 Å². The second kappa shape index (κ2) is 17.2. The third kappa shape index (κ3) is 10.3. The number of ether oxygens (including phenoxy) is 2. The number of esters is 1. The van der Waals surface area contributed by atoms with Crippen molar-refractivity contribution in [2.75, 3.05) is 0 Å². The van der Waals surface area contributed by atoms with Gasteiger partial charge in [0.1, 0.15) is 18.8 Å². The number of rotatable bonds is 17. The zero-order valence-corrected chi connectivity index (χ0v) is 21.8. The summed E-state index contributed by atoms with van der Waals surface area (Å²) in [4.78, 5) is 54.7. The lowest BCUT2D eigenvalue weighted by atomic mass is 10.0. The fraction of sp³-hybridized carbons (Fsp3) is 0.515. The first-order valence-electron chi connectivity index (χ1n) is 23.7. The maximum atomic E-state index is 14.2. The van der Waals surface area contributed by atoms with Crippen LogP contribution in [-0.2, 0) is 36.9 Å². The van der Waals surface area contributed by atoms with Crippen LogP contribution in [0.3, 0.4) is 0 Å². The second-order valence-corrected chi connectivity index (χ2v) is 8.30. The van der Waals surface area contributed by atoms with E-state index < -0.39 is 119 Å². The first kappa shape index (κ1) is 12.7. The van der Waals surface area contributed by atoms with E-state index in [1.165, 1.54) is 37.3 Å². The van der Waals surface area contributed by atoms with E-state index in [9.17, 15) is 19.2 Å². The first-order valence-corrected chi connectivity index (χ1v) is 12.2. The Balaban J connectivity index is 2.07. The molecule has 1 heterocycles. The molecule has 0 radical (unpaired) electrons. The van der Waals surface area contributed by atoms with Gasteiger partial charge in [0, 0.05) is 44.3 Å². The van der Waals surface area contributed by atoms with Gasteiger partial charge in [0.2, 0.25) is 5.91 Å². The molecule has 0 spiro atoms. The summed E-state index contributed by atoms with van der Waals surface area (Å²) in [5.74, 6) is -4.90. The number of carbonyl (C=O) groups excluding carboxylic acids is 4. The van der Waals surface area contributed by atoms with Crippen molar-refractivity contribution >= 4 is 23.9 Å². The van der Waals surface area contributed by atoms with E-state index >= 15 is 0 Å². The van der Waals surface area contributed by atoms with Gasteiger partial charge in [-0.3, -0.25) is 9.59 Å². The Hall–Kier alpha value is -3.68. The quantitative estimate of drug-likeness (QED) is 0.135. The number of cyclic esters (lactones) is 1. The van der Waals surface area contributed by atoms with E-state index in [1.807, 2.05) is 5.32 Å². The molecule has 1 aliphatic heterocycles. The number of hydrogen-bond acceptors (Lipinski definition) is 6. The Bertz CT molecular complexity index is 2050. The van der Waals surface area contributed by atoms with E-state index in [2.05, 4.69) is 0 Å². The third-order valence-corrected chi connectivity index (χ3v) is 5.47. The van der Waals surface area contributed by atoms with Crippen LogP contribution in [0.25, 0.3) is 0 Å². The van der Waals surface area contributed by atoms with Gasteiger partial charge in [-0.1, -0.05) is 118 Å². The molecule has 1 saturated heterocycles. The number of carbonyl (C=O) groups is 4. The highest BCUT2D eigenvalue weighted by molar-refractivity contribution is 6.02. The molecule has 1 N–H and O–H groups in total. The molecular formula is C33H44N2O6. The smallest absolute Gasteiger partial charge is 0.417 e. The summed E-state index contributed by atoms with van der Waals surface area (Å²) in [6.45, 7) is -3.18. The van der Waals surface area contributed by atoms with Gasteiger partial charge >= 0.3 is 12.1 Å². The van der Waals surface area contributed by atoms with Crippen molar-refractivity contribution in [3.8, 4) is 0 Å². The van der Waals surface area contributed by atoms with Crippen LogP contribution in [0.5, 0.6) is 0 Å². The van der Waals surface area contributed by atoms with Crippen LogP contribution in [-0.4, -0.2) is 47.0 Å². The van der Waals surface area contributed by atoms with E-state index in [4.69, 9.17) is 41.0 Å². The molecule has 0 saturated carbocycles. The summed E-state index contributed by atoms with van der Waals surface area (Å²) in [5.41, 5.74) is 0.699. The zero-order valence-electron chi connectivity index (χ0n) is 44.8. The lowest BCUT2D eigenvalue weighted by Crippen LogP contribution is -2.55. The SMILES string of the molecule is [2H]C([2H])([2H])C([2H])([2H])C([2H])([2H])C([2H])([2H])C([2H])([2H])C([2H])([2H])C([2H])([2H])C([2H])([2H])C([2H])([2H])C([2H])([2H])C([2H])([2H])C(=O)N[C@H](Cc1ccccc1)C(=O)[15N]1C(=O)O[13C@H]([13CH3])[13C@H]1[13C](=O)OCc1ccccc1. The highest BCUT2D eigenvalue weighted by atomic mass is 16.7. The molecule has 8 nitrogen and oxygen atoms in total. The van der Waals surface area contributed by atoms with Crippen LogP contribution < -0.4 is 5.32 Å². The number of benzene rings is 2. The lowest BCUT2D eigenvalue weighted by molar-refractivity contribution is -0.154. The average Bonchev–Trinajstić information content (AvgIpc) is 3.48. The summed E-state index contributed by atoms with van der Waals surface area (Å²) in [6, 6.07) is 11.4. The number of amides is 3. The molecule has 0 unspecified atom stereocenters. The topological polar surface area (TPSA) is 102 Å². The van der Waals surface area contributed by atoms with Crippen LogP contribution in [0.1, 0.15) is 120 Å². The minimum Gasteiger partial charge on any atom is -0.459 e. The summed E-state index contributed by atoms with van der Waals surface area (Å²) < 4.78 is 198. The molecule has 2 aromatic carbocycles. The van der Waals surface area contributed by atoms with Crippen LogP contribution >= 0.6 is 0 Å². The first-order chi connectivity index (χ1) is 28.6. The normalized spacial score (nSPS) is 29.2. The van der Waals surface area contributed by atoms with Crippen molar-refractivity contribution in [3.63, 3.8) is 0 Å². The summed E-state index contributed by atoms with van der Waals surface area (Å²) in [5, 5.41) is 1.83. The van der Waals surface area contributed by atoms with Crippen LogP contribution in [0.15, 0.2) is 60.7 Å². The Morgan fingerprint density at radius 1 is 0.927 bits per heavy atom. The van der Waals surface area contributed by atoms with Crippen LogP contribution in [0.2, 0.25) is 0 Å². The Morgan fingerprint density at radius 3 is 2.15 bits per heavy atom. The van der Waals surface area contributed by atoms with Crippen molar-refractivity contribution in [1.29, 1.82) is 0 Å². The molecule has 1 aliphatic rings. The predicted octanol–water partition coefficient (Wildman–Crippen LogP) is 6.11. The summed E-state index contributed by atoms with van der Waals surface area (Å²) >= 11 is 0. The standard InChI is InChI=1S/C33H44N2O6/c1-3-4-5-6-7-8-9-10-17-22-29(36)34-28(23-26-18-13-11-14-19-26)31(37)35-30(25(2)41-33(35)39)32(38)40-24-27-20-15-12-16-21-27/h11-16,18-21,25,28,30H,3-10,17,22-24H2,1-2H3,(H,34,36)/t25-,28-,30+/m1/s1/i1D3,2+1,3D2,4D2,5D2,6D2,7D2,8D2,9D2,10D2,17D2,22D2,25+1,30+1,32+1,35+1. The van der Waals surface area contributed by atoms with E-state index in [-0.39, 0.29) is 17.1 Å². The van der Waals surface area contributed by atoms with Gasteiger partial charge in [-0.2, -0.15) is 0 Å². The van der Waals surface area contributed by atoms with Gasteiger partial charge in [0.25, 0.3) is 5.91 Å². The minimum absolute atomic E-state index is 0.195. The molecule has 8 heteroatoms. The summed E-state index contributed by atoms with van der Waals surface area (Å²) in [7, 11) is 0. The zero-order chi connectivity index (χ0) is 49.9. The Morgan fingerprint density at radius 2 is 1.51 bits per heavy atom. The largest absolute Gasteiger partial charge is 0.459 e. The fourth-order valence-electron chi connectivity index (χ4n) is 3.66. The highest BCUT2D eigenvalue weighted by Gasteiger charge is 2.50. The van der Waals surface area contributed by atoms with Crippen molar-refractivity contribution < 1.29 is 60.2 Å².